The van der Waals surface area contributed by atoms with Crippen LogP contribution in [0.2, 0.25) is 0 Å². The average molecular weight is 371 g/mol. The molecule has 0 N–H and O–H groups in total. The SMILES string of the molecule is CC(C)(C)OC(=O)N1[C@H](CC(=O)OCc2ccccc2)COS1(=O)=O. The fraction of sp³-hybridized carbons (Fsp3) is 0.500. The molecular formula is C16H21NO7S. The molecule has 0 unspecified atom stereocenters. The fourth-order valence-corrected chi connectivity index (χ4v) is 3.31. The van der Waals surface area contributed by atoms with Crippen LogP contribution in [-0.2, 0) is 35.4 Å². The van der Waals surface area contributed by atoms with E-state index in [1.54, 1.807) is 32.9 Å². The summed E-state index contributed by atoms with van der Waals surface area (Å²) in [6.07, 6.45) is -1.39. The maximum absolute atomic E-state index is 12.1. The molecule has 0 spiro atoms. The summed E-state index contributed by atoms with van der Waals surface area (Å²) in [6, 6.07) is 8.05. The molecule has 138 valence electrons. The van der Waals surface area contributed by atoms with Crippen molar-refractivity contribution in [2.75, 3.05) is 6.61 Å². The Morgan fingerprint density at radius 1 is 1.24 bits per heavy atom. The van der Waals surface area contributed by atoms with E-state index in [-0.39, 0.29) is 19.6 Å². The van der Waals surface area contributed by atoms with E-state index in [9.17, 15) is 18.0 Å². The topological polar surface area (TPSA) is 99.2 Å². The minimum atomic E-state index is -4.27. The van der Waals surface area contributed by atoms with Crippen LogP contribution in [0.5, 0.6) is 0 Å². The number of rotatable bonds is 4. The summed E-state index contributed by atoms with van der Waals surface area (Å²) in [6.45, 7) is 4.57. The minimum Gasteiger partial charge on any atom is -0.461 e. The molecular weight excluding hydrogens is 350 g/mol. The van der Waals surface area contributed by atoms with E-state index >= 15 is 0 Å². The fourth-order valence-electron chi connectivity index (χ4n) is 2.15. The van der Waals surface area contributed by atoms with Gasteiger partial charge in [0.05, 0.1) is 19.1 Å². The van der Waals surface area contributed by atoms with Crippen molar-refractivity contribution in [3.63, 3.8) is 0 Å². The second kappa shape index (κ2) is 7.40. The third-order valence-corrected chi connectivity index (χ3v) is 4.56. The Morgan fingerprint density at radius 2 is 1.88 bits per heavy atom. The van der Waals surface area contributed by atoms with E-state index in [1.165, 1.54) is 0 Å². The van der Waals surface area contributed by atoms with Gasteiger partial charge in [0, 0.05) is 0 Å². The van der Waals surface area contributed by atoms with Crippen LogP contribution in [0.15, 0.2) is 30.3 Å². The zero-order chi connectivity index (χ0) is 18.7. The van der Waals surface area contributed by atoms with Gasteiger partial charge < -0.3 is 9.47 Å². The summed E-state index contributed by atoms with van der Waals surface area (Å²) in [7, 11) is -4.27. The van der Waals surface area contributed by atoms with Gasteiger partial charge in [0.2, 0.25) is 0 Å². The lowest BCUT2D eigenvalue weighted by atomic mass is 10.2. The van der Waals surface area contributed by atoms with Crippen molar-refractivity contribution in [2.45, 2.75) is 45.4 Å². The molecule has 8 nitrogen and oxygen atoms in total. The quantitative estimate of drug-likeness (QED) is 0.746. The van der Waals surface area contributed by atoms with Crippen LogP contribution in [0, 0.1) is 0 Å². The molecule has 1 saturated heterocycles. The van der Waals surface area contributed by atoms with E-state index in [1.807, 2.05) is 18.2 Å². The van der Waals surface area contributed by atoms with E-state index in [0.29, 0.717) is 4.31 Å². The molecule has 2 rings (SSSR count). The number of esters is 1. The van der Waals surface area contributed by atoms with Crippen molar-refractivity contribution in [1.82, 2.24) is 4.31 Å². The molecule has 1 heterocycles. The standard InChI is InChI=1S/C16H21NO7S/c1-16(2,3)24-15(19)17-13(11-23-25(17,20)21)9-14(18)22-10-12-7-5-4-6-8-12/h4-8,13H,9-11H2,1-3H3/t13-/m1/s1. The van der Waals surface area contributed by atoms with Crippen LogP contribution in [0.4, 0.5) is 4.79 Å². The van der Waals surface area contributed by atoms with Gasteiger partial charge in [-0.05, 0) is 26.3 Å². The number of carbonyl (C=O) groups excluding carboxylic acids is 2. The second-order valence-corrected chi connectivity index (χ2v) is 8.01. The van der Waals surface area contributed by atoms with Crippen LogP contribution >= 0.6 is 0 Å². The van der Waals surface area contributed by atoms with E-state index in [0.717, 1.165) is 5.56 Å². The number of benzene rings is 1. The van der Waals surface area contributed by atoms with Gasteiger partial charge in [0.25, 0.3) is 0 Å². The van der Waals surface area contributed by atoms with Crippen molar-refractivity contribution in [3.8, 4) is 0 Å². The summed E-state index contributed by atoms with van der Waals surface area (Å²) in [5.41, 5.74) is -0.0803. The van der Waals surface area contributed by atoms with Crippen LogP contribution in [-0.4, -0.2) is 43.0 Å². The molecule has 0 bridgehead atoms. The first kappa shape index (κ1) is 19.2. The number of nitrogens with zero attached hydrogens (tertiary/aromatic N) is 1. The first-order chi connectivity index (χ1) is 11.6. The third-order valence-electron chi connectivity index (χ3n) is 3.20. The van der Waals surface area contributed by atoms with Crippen molar-refractivity contribution in [3.05, 3.63) is 35.9 Å². The van der Waals surface area contributed by atoms with E-state index < -0.39 is 34.0 Å². The summed E-state index contributed by atoms with van der Waals surface area (Å²) < 4.78 is 39.1. The van der Waals surface area contributed by atoms with Crippen molar-refractivity contribution in [1.29, 1.82) is 0 Å². The molecule has 1 aliphatic heterocycles. The number of ether oxygens (including phenoxy) is 2. The summed E-state index contributed by atoms with van der Waals surface area (Å²) in [5, 5.41) is 0. The first-order valence-corrected chi connectivity index (χ1v) is 9.06. The Morgan fingerprint density at radius 3 is 2.48 bits per heavy atom. The van der Waals surface area contributed by atoms with Gasteiger partial charge in [0.15, 0.2) is 0 Å². The average Bonchev–Trinajstić information content (AvgIpc) is 2.79. The van der Waals surface area contributed by atoms with Gasteiger partial charge >= 0.3 is 22.4 Å². The molecule has 0 saturated carbocycles. The third kappa shape index (κ3) is 5.43. The largest absolute Gasteiger partial charge is 0.461 e. The normalized spacial score (nSPS) is 19.5. The number of hydrogen-bond acceptors (Lipinski definition) is 7. The Balaban J connectivity index is 1.99. The molecule has 9 heteroatoms. The van der Waals surface area contributed by atoms with Gasteiger partial charge in [-0.3, -0.25) is 8.98 Å². The monoisotopic (exact) mass is 371 g/mol. The molecule has 1 aromatic carbocycles. The minimum absolute atomic E-state index is 0.0619. The highest BCUT2D eigenvalue weighted by molar-refractivity contribution is 7.85. The lowest BCUT2D eigenvalue weighted by Crippen LogP contribution is -2.43. The molecule has 0 radical (unpaired) electrons. The molecule has 0 aliphatic carbocycles. The summed E-state index contributed by atoms with van der Waals surface area (Å²) >= 11 is 0. The van der Waals surface area contributed by atoms with Crippen molar-refractivity contribution < 1.29 is 31.7 Å². The van der Waals surface area contributed by atoms with E-state index in [2.05, 4.69) is 4.18 Å². The van der Waals surface area contributed by atoms with Gasteiger partial charge in [-0.15, -0.1) is 0 Å². The van der Waals surface area contributed by atoms with Gasteiger partial charge in [-0.2, -0.15) is 12.7 Å². The summed E-state index contributed by atoms with van der Waals surface area (Å²) in [4.78, 5) is 24.1. The van der Waals surface area contributed by atoms with Crippen LogP contribution in [0.25, 0.3) is 0 Å². The Bertz CT molecular complexity index is 725. The zero-order valence-corrected chi connectivity index (χ0v) is 15.1. The van der Waals surface area contributed by atoms with Crippen LogP contribution < -0.4 is 0 Å². The van der Waals surface area contributed by atoms with Crippen molar-refractivity contribution >= 4 is 22.4 Å². The summed E-state index contributed by atoms with van der Waals surface area (Å²) in [5.74, 6) is -0.636. The van der Waals surface area contributed by atoms with Gasteiger partial charge in [0.1, 0.15) is 12.2 Å². The lowest BCUT2D eigenvalue weighted by molar-refractivity contribution is -0.145. The molecule has 0 aromatic heterocycles. The molecule has 1 atom stereocenters. The molecule has 25 heavy (non-hydrogen) atoms. The van der Waals surface area contributed by atoms with Crippen LogP contribution in [0.3, 0.4) is 0 Å². The molecule has 1 aromatic rings. The maximum Gasteiger partial charge on any atom is 0.426 e. The Labute approximate surface area is 146 Å². The van der Waals surface area contributed by atoms with Gasteiger partial charge in [-0.1, -0.05) is 30.3 Å². The lowest BCUT2D eigenvalue weighted by Gasteiger charge is -2.25. The number of amides is 1. The number of carbonyl (C=O) groups is 2. The Hall–Kier alpha value is -2.13. The second-order valence-electron chi connectivity index (χ2n) is 6.52. The highest BCUT2D eigenvalue weighted by Crippen LogP contribution is 2.24. The number of hydrogen-bond donors (Lipinski definition) is 0. The highest BCUT2D eigenvalue weighted by Gasteiger charge is 2.45. The van der Waals surface area contributed by atoms with Crippen molar-refractivity contribution in [2.24, 2.45) is 0 Å². The highest BCUT2D eigenvalue weighted by atomic mass is 32.2. The van der Waals surface area contributed by atoms with Crippen LogP contribution in [0.1, 0.15) is 32.8 Å². The van der Waals surface area contributed by atoms with E-state index in [4.69, 9.17) is 9.47 Å². The first-order valence-electron chi connectivity index (χ1n) is 7.70. The van der Waals surface area contributed by atoms with Gasteiger partial charge in [-0.25, -0.2) is 4.79 Å². The zero-order valence-electron chi connectivity index (χ0n) is 14.3. The molecule has 1 amide bonds. The Kier molecular flexibility index (Phi) is 5.69. The predicted molar refractivity (Wildman–Crippen MR) is 87.6 cm³/mol. The predicted octanol–water partition coefficient (Wildman–Crippen LogP) is 2.00. The smallest absolute Gasteiger partial charge is 0.426 e. The maximum atomic E-state index is 12.1. The molecule has 1 aliphatic rings. The molecule has 1 fully saturated rings.